The molecule has 1 saturated heterocycles. The Morgan fingerprint density at radius 2 is 2.20 bits per heavy atom. The number of hydrogen-bond acceptors (Lipinski definition) is 8. The van der Waals surface area contributed by atoms with Crippen molar-refractivity contribution < 1.29 is 9.32 Å². The predicted octanol–water partition coefficient (Wildman–Crippen LogP) is 3.41. The first-order valence-corrected chi connectivity index (χ1v) is 11.0. The molecule has 1 amide bonds. The summed E-state index contributed by atoms with van der Waals surface area (Å²) in [4.78, 5) is 29.4. The Kier molecular flexibility index (Phi) is 5.80. The van der Waals surface area contributed by atoms with Crippen LogP contribution in [0.25, 0.3) is 10.6 Å². The van der Waals surface area contributed by atoms with Crippen LogP contribution in [0.5, 0.6) is 0 Å². The van der Waals surface area contributed by atoms with Gasteiger partial charge >= 0.3 is 0 Å². The number of aryl methyl sites for hydroxylation is 2. The van der Waals surface area contributed by atoms with Gasteiger partial charge in [0, 0.05) is 31.4 Å². The Morgan fingerprint density at radius 3 is 2.93 bits per heavy atom. The summed E-state index contributed by atoms with van der Waals surface area (Å²) < 4.78 is 5.22. The average Bonchev–Trinajstić information content (AvgIpc) is 3.42. The van der Waals surface area contributed by atoms with Gasteiger partial charge in [-0.3, -0.25) is 4.79 Å². The number of amides is 1. The number of thiazole rings is 1. The Bertz CT molecular complexity index is 1040. The highest BCUT2D eigenvalue weighted by molar-refractivity contribution is 7.15. The maximum Gasteiger partial charge on any atom is 0.290 e. The number of anilines is 1. The molecule has 0 spiro atoms. The fourth-order valence-corrected chi connectivity index (χ4v) is 4.54. The van der Waals surface area contributed by atoms with E-state index in [4.69, 9.17) is 9.51 Å². The predicted molar refractivity (Wildman–Crippen MR) is 116 cm³/mol. The molecule has 4 heterocycles. The summed E-state index contributed by atoms with van der Waals surface area (Å²) in [5, 5.41) is 8.06. The van der Waals surface area contributed by atoms with Gasteiger partial charge in [0.2, 0.25) is 11.7 Å². The van der Waals surface area contributed by atoms with E-state index in [1.54, 1.807) is 23.6 Å². The van der Waals surface area contributed by atoms with Gasteiger partial charge in [-0.2, -0.15) is 0 Å². The standard InChI is InChI=1S/C21H26N6O2S/c1-12(2)9-16-10-18(29-26-16)20(28)24-15-6-8-27(11-15)21-22-7-5-17(25-21)19-13(3)23-14(4)30-19/h5,7,10,12,15H,6,8-9,11H2,1-4H3,(H,24,28). The highest BCUT2D eigenvalue weighted by Gasteiger charge is 2.27. The van der Waals surface area contributed by atoms with Crippen LogP contribution < -0.4 is 10.2 Å². The van der Waals surface area contributed by atoms with Crippen LogP contribution in [0.2, 0.25) is 0 Å². The first-order valence-electron chi connectivity index (χ1n) is 10.2. The molecular weight excluding hydrogens is 400 g/mol. The minimum absolute atomic E-state index is 0.00999. The lowest BCUT2D eigenvalue weighted by Crippen LogP contribution is -2.37. The van der Waals surface area contributed by atoms with Crippen molar-refractivity contribution in [2.24, 2.45) is 5.92 Å². The minimum atomic E-state index is -0.227. The van der Waals surface area contributed by atoms with E-state index >= 15 is 0 Å². The number of carbonyl (C=O) groups excluding carboxylic acids is 1. The van der Waals surface area contributed by atoms with Gasteiger partial charge in [-0.15, -0.1) is 11.3 Å². The number of hydrogen-bond donors (Lipinski definition) is 1. The lowest BCUT2D eigenvalue weighted by molar-refractivity contribution is 0.0903. The average molecular weight is 427 g/mol. The molecule has 1 atom stereocenters. The van der Waals surface area contributed by atoms with E-state index < -0.39 is 0 Å². The summed E-state index contributed by atoms with van der Waals surface area (Å²) in [6, 6.07) is 3.65. The molecule has 4 rings (SSSR count). The highest BCUT2D eigenvalue weighted by Crippen LogP contribution is 2.29. The topological polar surface area (TPSA) is 97.0 Å². The molecule has 3 aromatic heterocycles. The third-order valence-corrected chi connectivity index (χ3v) is 6.08. The van der Waals surface area contributed by atoms with Crippen LogP contribution in [0.4, 0.5) is 5.95 Å². The zero-order valence-corrected chi connectivity index (χ0v) is 18.5. The van der Waals surface area contributed by atoms with Crippen LogP contribution in [0, 0.1) is 19.8 Å². The molecule has 0 radical (unpaired) electrons. The molecule has 9 heteroatoms. The molecule has 3 aromatic rings. The van der Waals surface area contributed by atoms with Crippen LogP contribution in [-0.2, 0) is 6.42 Å². The van der Waals surface area contributed by atoms with E-state index in [-0.39, 0.29) is 17.7 Å². The smallest absolute Gasteiger partial charge is 0.290 e. The third-order valence-electron chi connectivity index (χ3n) is 4.99. The number of nitrogens with zero attached hydrogens (tertiary/aromatic N) is 5. The molecule has 8 nitrogen and oxygen atoms in total. The van der Waals surface area contributed by atoms with Crippen molar-refractivity contribution >= 4 is 23.2 Å². The van der Waals surface area contributed by atoms with Crippen molar-refractivity contribution in [3.8, 4) is 10.6 Å². The van der Waals surface area contributed by atoms with Crippen molar-refractivity contribution in [3.63, 3.8) is 0 Å². The number of rotatable bonds is 6. The number of nitrogens with one attached hydrogen (secondary N) is 1. The lowest BCUT2D eigenvalue weighted by Gasteiger charge is -2.17. The van der Waals surface area contributed by atoms with E-state index in [0.717, 1.165) is 46.4 Å². The Morgan fingerprint density at radius 1 is 1.37 bits per heavy atom. The van der Waals surface area contributed by atoms with Crippen molar-refractivity contribution in [3.05, 3.63) is 40.5 Å². The SMILES string of the molecule is Cc1nc(C)c(-c2ccnc(N3CCC(NC(=O)c4cc(CC(C)C)no4)C3)n2)s1. The summed E-state index contributed by atoms with van der Waals surface area (Å²) in [5.41, 5.74) is 2.68. The molecule has 1 fully saturated rings. The summed E-state index contributed by atoms with van der Waals surface area (Å²) >= 11 is 1.64. The number of aromatic nitrogens is 4. The van der Waals surface area contributed by atoms with Crippen LogP contribution >= 0.6 is 11.3 Å². The van der Waals surface area contributed by atoms with Gasteiger partial charge in [0.15, 0.2) is 0 Å². The van der Waals surface area contributed by atoms with Gasteiger partial charge < -0.3 is 14.7 Å². The molecule has 1 aliphatic heterocycles. The van der Waals surface area contributed by atoms with E-state index in [0.29, 0.717) is 18.4 Å². The second-order valence-electron chi connectivity index (χ2n) is 8.07. The summed E-state index contributed by atoms with van der Waals surface area (Å²) in [6.07, 6.45) is 3.40. The molecule has 1 N–H and O–H groups in total. The quantitative estimate of drug-likeness (QED) is 0.645. The van der Waals surface area contributed by atoms with E-state index in [2.05, 4.69) is 39.2 Å². The van der Waals surface area contributed by atoms with E-state index in [1.165, 1.54) is 0 Å². The summed E-state index contributed by atoms with van der Waals surface area (Å²) in [6.45, 7) is 9.65. The van der Waals surface area contributed by atoms with Crippen LogP contribution in [-0.4, -0.2) is 45.1 Å². The molecule has 158 valence electrons. The van der Waals surface area contributed by atoms with Gasteiger partial charge in [0.25, 0.3) is 5.91 Å². The lowest BCUT2D eigenvalue weighted by atomic mass is 10.1. The molecule has 1 aliphatic rings. The van der Waals surface area contributed by atoms with E-state index in [1.807, 2.05) is 19.9 Å². The van der Waals surface area contributed by atoms with Crippen LogP contribution in [0.1, 0.15) is 47.2 Å². The second kappa shape index (κ2) is 8.51. The summed E-state index contributed by atoms with van der Waals surface area (Å²) in [5.74, 6) is 1.17. The first kappa shape index (κ1) is 20.5. The Hall–Kier alpha value is -2.81. The fraction of sp³-hybridized carbons (Fsp3) is 0.476. The first-order chi connectivity index (χ1) is 14.4. The normalized spacial score (nSPS) is 16.4. The molecule has 0 aromatic carbocycles. The molecule has 0 bridgehead atoms. The van der Waals surface area contributed by atoms with E-state index in [9.17, 15) is 4.79 Å². The minimum Gasteiger partial charge on any atom is -0.351 e. The molecule has 0 saturated carbocycles. The highest BCUT2D eigenvalue weighted by atomic mass is 32.1. The fourth-order valence-electron chi connectivity index (χ4n) is 3.65. The largest absolute Gasteiger partial charge is 0.351 e. The maximum atomic E-state index is 12.5. The van der Waals surface area contributed by atoms with Crippen molar-refractivity contribution in [1.29, 1.82) is 0 Å². The van der Waals surface area contributed by atoms with Gasteiger partial charge in [-0.1, -0.05) is 19.0 Å². The maximum absolute atomic E-state index is 12.5. The second-order valence-corrected chi connectivity index (χ2v) is 9.28. The molecule has 0 aliphatic carbocycles. The van der Waals surface area contributed by atoms with Gasteiger partial charge in [0.1, 0.15) is 0 Å². The van der Waals surface area contributed by atoms with Gasteiger partial charge in [-0.25, -0.2) is 15.0 Å². The van der Waals surface area contributed by atoms with Crippen molar-refractivity contribution in [1.82, 2.24) is 25.4 Å². The number of carbonyl (C=O) groups is 1. The van der Waals surface area contributed by atoms with Crippen molar-refractivity contribution in [2.45, 2.75) is 46.6 Å². The Balaban J connectivity index is 1.40. The van der Waals surface area contributed by atoms with Crippen LogP contribution in [0.3, 0.4) is 0 Å². The van der Waals surface area contributed by atoms with Gasteiger partial charge in [0.05, 0.1) is 27.0 Å². The zero-order chi connectivity index (χ0) is 21.3. The summed E-state index contributed by atoms with van der Waals surface area (Å²) in [7, 11) is 0. The molecule has 1 unspecified atom stereocenters. The van der Waals surface area contributed by atoms with Crippen molar-refractivity contribution in [2.75, 3.05) is 18.0 Å². The third kappa shape index (κ3) is 4.51. The molecular formula is C21H26N6O2S. The Labute approximate surface area is 179 Å². The monoisotopic (exact) mass is 426 g/mol. The molecule has 30 heavy (non-hydrogen) atoms. The van der Waals surface area contributed by atoms with Gasteiger partial charge in [-0.05, 0) is 38.7 Å². The van der Waals surface area contributed by atoms with Crippen LogP contribution in [0.15, 0.2) is 22.9 Å². The zero-order valence-electron chi connectivity index (χ0n) is 17.7.